The molecule has 0 aliphatic heterocycles. The van der Waals surface area contributed by atoms with Crippen molar-refractivity contribution in [3.63, 3.8) is 0 Å². The van der Waals surface area contributed by atoms with Gasteiger partial charge in [0.2, 0.25) is 0 Å². The highest BCUT2D eigenvalue weighted by atomic mass is 19.1. The fraction of sp³-hybridized carbons (Fsp3) is 0.0556. The summed E-state index contributed by atoms with van der Waals surface area (Å²) >= 11 is 0. The molecule has 2 aromatic heterocycles. The summed E-state index contributed by atoms with van der Waals surface area (Å²) < 4.78 is 14.8. The van der Waals surface area contributed by atoms with Crippen molar-refractivity contribution in [3.05, 3.63) is 76.3 Å². The Kier molecular flexibility index (Phi) is 3.53. The highest BCUT2D eigenvalue weighted by Crippen LogP contribution is 2.18. The van der Waals surface area contributed by atoms with Crippen LogP contribution in [-0.4, -0.2) is 19.7 Å². The number of nitrogens with one attached hydrogen (secondary N) is 1. The SMILES string of the molecule is Nc1nc2ccc(Cn3nc(-c4cccc(F)c4)ccc3=O)cc2[nH]1. The number of fused-ring (bicyclic) bond motifs is 1. The minimum atomic E-state index is -0.348. The topological polar surface area (TPSA) is 89.6 Å². The van der Waals surface area contributed by atoms with Gasteiger partial charge in [0.1, 0.15) is 5.82 Å². The number of benzene rings is 2. The monoisotopic (exact) mass is 335 g/mol. The molecule has 0 amide bonds. The van der Waals surface area contributed by atoms with E-state index < -0.39 is 0 Å². The summed E-state index contributed by atoms with van der Waals surface area (Å²) in [7, 11) is 0. The summed E-state index contributed by atoms with van der Waals surface area (Å²) in [6.07, 6.45) is 0. The zero-order chi connectivity index (χ0) is 17.4. The first kappa shape index (κ1) is 15.1. The van der Waals surface area contributed by atoms with Crippen molar-refractivity contribution in [2.75, 3.05) is 5.73 Å². The van der Waals surface area contributed by atoms with Gasteiger partial charge in [-0.1, -0.05) is 18.2 Å². The lowest BCUT2D eigenvalue weighted by atomic mass is 10.1. The number of hydrogen-bond acceptors (Lipinski definition) is 4. The fourth-order valence-corrected chi connectivity index (χ4v) is 2.71. The normalized spacial score (nSPS) is 11.1. The number of nitrogens with zero attached hydrogens (tertiary/aromatic N) is 3. The average molecular weight is 335 g/mol. The Hall–Kier alpha value is -3.48. The average Bonchev–Trinajstić information content (AvgIpc) is 2.96. The van der Waals surface area contributed by atoms with Crippen LogP contribution < -0.4 is 11.3 Å². The van der Waals surface area contributed by atoms with E-state index in [0.29, 0.717) is 17.2 Å². The largest absolute Gasteiger partial charge is 0.369 e. The third kappa shape index (κ3) is 2.99. The van der Waals surface area contributed by atoms with E-state index >= 15 is 0 Å². The van der Waals surface area contributed by atoms with E-state index in [0.717, 1.165) is 16.6 Å². The predicted octanol–water partition coefficient (Wildman–Crippen LogP) is 2.56. The number of nitrogens with two attached hydrogens (primary N) is 1. The van der Waals surface area contributed by atoms with Crippen LogP contribution >= 0.6 is 0 Å². The lowest BCUT2D eigenvalue weighted by Crippen LogP contribution is -2.22. The van der Waals surface area contributed by atoms with Gasteiger partial charge < -0.3 is 10.7 Å². The van der Waals surface area contributed by atoms with Gasteiger partial charge in [-0.05, 0) is 35.9 Å². The molecule has 2 aromatic carbocycles. The van der Waals surface area contributed by atoms with Crippen molar-refractivity contribution in [2.45, 2.75) is 6.54 Å². The van der Waals surface area contributed by atoms with Crippen LogP contribution in [0.3, 0.4) is 0 Å². The lowest BCUT2D eigenvalue weighted by molar-refractivity contribution is 0.626. The van der Waals surface area contributed by atoms with Crippen LogP contribution in [0.15, 0.2) is 59.4 Å². The molecule has 0 saturated heterocycles. The van der Waals surface area contributed by atoms with Gasteiger partial charge in [-0.15, -0.1) is 0 Å². The second kappa shape index (κ2) is 5.86. The summed E-state index contributed by atoms with van der Waals surface area (Å²) in [5.41, 5.74) is 9.00. The minimum Gasteiger partial charge on any atom is -0.369 e. The molecule has 6 nitrogen and oxygen atoms in total. The molecule has 124 valence electrons. The van der Waals surface area contributed by atoms with Crippen molar-refractivity contribution < 1.29 is 4.39 Å². The third-order valence-corrected chi connectivity index (χ3v) is 3.88. The van der Waals surface area contributed by atoms with Crippen molar-refractivity contribution in [2.24, 2.45) is 0 Å². The number of nitrogen functional groups attached to an aromatic ring is 1. The summed E-state index contributed by atoms with van der Waals surface area (Å²) in [5, 5.41) is 4.35. The Balaban J connectivity index is 1.71. The third-order valence-electron chi connectivity index (χ3n) is 3.88. The van der Waals surface area contributed by atoms with Crippen molar-refractivity contribution in [3.8, 4) is 11.3 Å². The second-order valence-corrected chi connectivity index (χ2v) is 5.70. The number of aromatic amines is 1. The Bertz CT molecular complexity index is 1130. The molecule has 0 aliphatic carbocycles. The van der Waals surface area contributed by atoms with E-state index in [1.807, 2.05) is 18.2 Å². The maximum atomic E-state index is 13.4. The van der Waals surface area contributed by atoms with Gasteiger partial charge in [-0.2, -0.15) is 5.10 Å². The van der Waals surface area contributed by atoms with Crippen molar-refractivity contribution in [1.29, 1.82) is 0 Å². The molecule has 0 unspecified atom stereocenters. The Morgan fingerprint density at radius 3 is 2.84 bits per heavy atom. The number of anilines is 1. The van der Waals surface area contributed by atoms with Gasteiger partial charge in [0.25, 0.3) is 5.56 Å². The molecule has 0 fully saturated rings. The molecule has 0 spiro atoms. The quantitative estimate of drug-likeness (QED) is 0.602. The molecule has 0 radical (unpaired) electrons. The Labute approximate surface area is 141 Å². The van der Waals surface area contributed by atoms with E-state index in [1.54, 1.807) is 18.2 Å². The van der Waals surface area contributed by atoms with Crippen LogP contribution in [0, 0.1) is 5.82 Å². The van der Waals surface area contributed by atoms with Crippen LogP contribution in [0.4, 0.5) is 10.3 Å². The van der Waals surface area contributed by atoms with Gasteiger partial charge >= 0.3 is 0 Å². The maximum Gasteiger partial charge on any atom is 0.267 e. The van der Waals surface area contributed by atoms with Gasteiger partial charge in [-0.25, -0.2) is 14.1 Å². The highest BCUT2D eigenvalue weighted by Gasteiger charge is 2.07. The smallest absolute Gasteiger partial charge is 0.267 e. The van der Waals surface area contributed by atoms with Crippen molar-refractivity contribution in [1.82, 2.24) is 19.7 Å². The number of imidazole rings is 1. The van der Waals surface area contributed by atoms with Gasteiger partial charge in [0.15, 0.2) is 5.95 Å². The molecule has 4 rings (SSSR count). The second-order valence-electron chi connectivity index (χ2n) is 5.70. The summed E-state index contributed by atoms with van der Waals surface area (Å²) in [4.78, 5) is 19.2. The molecule has 4 aromatic rings. The number of hydrogen-bond donors (Lipinski definition) is 2. The van der Waals surface area contributed by atoms with Crippen molar-refractivity contribution >= 4 is 17.0 Å². The first-order valence-electron chi connectivity index (χ1n) is 7.67. The predicted molar refractivity (Wildman–Crippen MR) is 93.5 cm³/mol. The summed E-state index contributed by atoms with van der Waals surface area (Å²) in [6.45, 7) is 0.289. The van der Waals surface area contributed by atoms with Crippen LogP contribution in [0.1, 0.15) is 5.56 Å². The number of rotatable bonds is 3. The molecule has 0 saturated carbocycles. The minimum absolute atomic E-state index is 0.232. The van der Waals surface area contributed by atoms with Gasteiger partial charge in [-0.3, -0.25) is 4.79 Å². The standard InChI is InChI=1S/C18H14FN5O/c19-13-3-1-2-12(9-13)14-6-7-17(25)24(23-14)10-11-4-5-15-16(8-11)22-18(20)21-15/h1-9H,10H2,(H3,20,21,22). The fourth-order valence-electron chi connectivity index (χ4n) is 2.71. The lowest BCUT2D eigenvalue weighted by Gasteiger charge is -2.07. The molecule has 0 atom stereocenters. The van der Waals surface area contributed by atoms with E-state index in [9.17, 15) is 9.18 Å². The molecule has 2 heterocycles. The molecule has 0 aliphatic rings. The summed E-state index contributed by atoms with van der Waals surface area (Å²) in [5.74, 6) is -0.00474. The van der Waals surface area contributed by atoms with Crippen LogP contribution in [0.25, 0.3) is 22.3 Å². The van der Waals surface area contributed by atoms with Gasteiger partial charge in [0, 0.05) is 11.6 Å². The van der Waals surface area contributed by atoms with Crippen LogP contribution in [0.2, 0.25) is 0 Å². The first-order valence-corrected chi connectivity index (χ1v) is 7.67. The zero-order valence-electron chi connectivity index (χ0n) is 13.1. The number of halogens is 1. The van der Waals surface area contributed by atoms with Crippen LogP contribution in [-0.2, 0) is 6.54 Å². The van der Waals surface area contributed by atoms with Gasteiger partial charge in [0.05, 0.1) is 23.3 Å². The molecule has 7 heteroatoms. The molecular weight excluding hydrogens is 321 g/mol. The van der Waals surface area contributed by atoms with E-state index in [1.165, 1.54) is 22.9 Å². The molecule has 25 heavy (non-hydrogen) atoms. The maximum absolute atomic E-state index is 13.4. The molecular formula is C18H14FN5O. The Morgan fingerprint density at radius 1 is 1.12 bits per heavy atom. The van der Waals surface area contributed by atoms with Crippen LogP contribution in [0.5, 0.6) is 0 Å². The van der Waals surface area contributed by atoms with E-state index in [-0.39, 0.29) is 17.9 Å². The summed E-state index contributed by atoms with van der Waals surface area (Å²) in [6, 6.07) is 14.7. The molecule has 3 N–H and O–H groups in total. The number of H-pyrrole nitrogens is 1. The van der Waals surface area contributed by atoms with E-state index in [4.69, 9.17) is 5.73 Å². The molecule has 0 bridgehead atoms. The number of aromatic nitrogens is 4. The highest BCUT2D eigenvalue weighted by molar-refractivity contribution is 5.77. The zero-order valence-corrected chi connectivity index (χ0v) is 13.1. The first-order chi connectivity index (χ1) is 12.1. The van der Waals surface area contributed by atoms with E-state index in [2.05, 4.69) is 15.1 Å². The Morgan fingerprint density at radius 2 is 2.00 bits per heavy atom.